The molecule has 1 N–H and O–H groups in total. The van der Waals surface area contributed by atoms with Crippen LogP contribution in [0.15, 0.2) is 0 Å². The van der Waals surface area contributed by atoms with Crippen LogP contribution < -0.4 is 0 Å². The number of rotatable bonds is 6. The first-order chi connectivity index (χ1) is 8.10. The highest BCUT2D eigenvalue weighted by Crippen LogP contribution is 2.21. The fourth-order valence-electron chi connectivity index (χ4n) is 2.99. The monoisotopic (exact) mass is 242 g/mol. The smallest absolute Gasteiger partial charge is 0.0695 e. The van der Waals surface area contributed by atoms with Gasteiger partial charge in [0.1, 0.15) is 0 Å². The zero-order chi connectivity index (χ0) is 12.8. The van der Waals surface area contributed by atoms with Gasteiger partial charge in [-0.1, -0.05) is 20.3 Å². The Morgan fingerprint density at radius 3 is 2.35 bits per heavy atom. The molecule has 0 aromatic carbocycles. The van der Waals surface area contributed by atoms with Gasteiger partial charge in [0, 0.05) is 12.1 Å². The molecular weight excluding hydrogens is 212 g/mol. The fraction of sp³-hybridized carbons (Fsp3) is 1.00. The molecule has 0 aromatic heterocycles. The van der Waals surface area contributed by atoms with Crippen LogP contribution in [-0.4, -0.2) is 60.3 Å². The van der Waals surface area contributed by atoms with E-state index in [4.69, 9.17) is 0 Å². The Morgan fingerprint density at radius 1 is 1.29 bits per heavy atom. The average Bonchev–Trinajstić information content (AvgIpc) is 2.31. The van der Waals surface area contributed by atoms with Crippen molar-refractivity contribution in [2.45, 2.75) is 64.1 Å². The van der Waals surface area contributed by atoms with Gasteiger partial charge in [-0.2, -0.15) is 0 Å². The summed E-state index contributed by atoms with van der Waals surface area (Å²) in [5, 5.41) is 10.2. The van der Waals surface area contributed by atoms with Crippen LogP contribution in [0.3, 0.4) is 0 Å². The molecule has 3 nitrogen and oxygen atoms in total. The van der Waals surface area contributed by atoms with Crippen LogP contribution >= 0.6 is 0 Å². The highest BCUT2D eigenvalue weighted by molar-refractivity contribution is 4.84. The Morgan fingerprint density at radius 2 is 1.88 bits per heavy atom. The highest BCUT2D eigenvalue weighted by Gasteiger charge is 2.28. The Bertz CT molecular complexity index is 202. The van der Waals surface area contributed by atoms with Crippen molar-refractivity contribution in [1.82, 2.24) is 9.80 Å². The molecule has 2 atom stereocenters. The van der Waals surface area contributed by atoms with E-state index in [0.29, 0.717) is 12.1 Å². The van der Waals surface area contributed by atoms with E-state index >= 15 is 0 Å². The molecule has 1 fully saturated rings. The second kappa shape index (κ2) is 7.34. The van der Waals surface area contributed by atoms with Crippen molar-refractivity contribution >= 4 is 0 Å². The van der Waals surface area contributed by atoms with Crippen LogP contribution in [0.2, 0.25) is 0 Å². The molecule has 1 saturated heterocycles. The van der Waals surface area contributed by atoms with Crippen LogP contribution in [0.1, 0.15) is 46.0 Å². The molecule has 1 rings (SSSR count). The fourth-order valence-corrected chi connectivity index (χ4v) is 2.99. The van der Waals surface area contributed by atoms with Gasteiger partial charge in [0.2, 0.25) is 0 Å². The minimum absolute atomic E-state index is 0.158. The molecule has 0 aromatic rings. The van der Waals surface area contributed by atoms with Gasteiger partial charge >= 0.3 is 0 Å². The number of hydrogen-bond donors (Lipinski definition) is 1. The molecule has 1 aliphatic rings. The van der Waals surface area contributed by atoms with E-state index in [0.717, 1.165) is 19.3 Å². The average molecular weight is 242 g/mol. The largest absolute Gasteiger partial charge is 0.391 e. The van der Waals surface area contributed by atoms with E-state index in [1.807, 2.05) is 0 Å². The number of piperidine rings is 1. The first kappa shape index (κ1) is 14.9. The van der Waals surface area contributed by atoms with Gasteiger partial charge in [-0.05, 0) is 52.9 Å². The van der Waals surface area contributed by atoms with Crippen LogP contribution in [-0.2, 0) is 0 Å². The number of nitrogens with zero attached hydrogens (tertiary/aromatic N) is 2. The van der Waals surface area contributed by atoms with Crippen molar-refractivity contribution in [3.63, 3.8) is 0 Å². The second-order valence-corrected chi connectivity index (χ2v) is 5.53. The van der Waals surface area contributed by atoms with Crippen molar-refractivity contribution in [1.29, 1.82) is 0 Å². The maximum absolute atomic E-state index is 10.2. The van der Waals surface area contributed by atoms with Gasteiger partial charge in [0.15, 0.2) is 0 Å². The topological polar surface area (TPSA) is 26.7 Å². The minimum atomic E-state index is -0.158. The number of likely N-dealkylation sites (N-methyl/N-ethyl adjacent to an activating group) is 1. The van der Waals surface area contributed by atoms with Crippen LogP contribution in [0.25, 0.3) is 0 Å². The Labute approximate surface area is 107 Å². The maximum Gasteiger partial charge on any atom is 0.0695 e. The molecule has 0 amide bonds. The van der Waals surface area contributed by atoms with E-state index in [2.05, 4.69) is 37.7 Å². The first-order valence-corrected chi connectivity index (χ1v) is 7.18. The molecular formula is C14H30N2O. The third kappa shape index (κ3) is 4.23. The zero-order valence-corrected chi connectivity index (χ0v) is 12.0. The third-order valence-corrected chi connectivity index (χ3v) is 4.23. The molecule has 3 heteroatoms. The number of hydrogen-bond acceptors (Lipinski definition) is 3. The van der Waals surface area contributed by atoms with Gasteiger partial charge in [-0.25, -0.2) is 0 Å². The first-order valence-electron chi connectivity index (χ1n) is 7.18. The van der Waals surface area contributed by atoms with Crippen molar-refractivity contribution in [2.75, 3.05) is 27.2 Å². The highest BCUT2D eigenvalue weighted by atomic mass is 16.3. The number of aliphatic hydroxyl groups is 1. The lowest BCUT2D eigenvalue weighted by molar-refractivity contribution is 0.0169. The molecule has 2 unspecified atom stereocenters. The lowest BCUT2D eigenvalue weighted by Gasteiger charge is -2.41. The summed E-state index contributed by atoms with van der Waals surface area (Å²) >= 11 is 0. The molecule has 0 radical (unpaired) electrons. The number of aliphatic hydroxyl groups excluding tert-OH is 1. The predicted molar refractivity (Wildman–Crippen MR) is 73.3 cm³/mol. The van der Waals surface area contributed by atoms with Crippen molar-refractivity contribution in [3.05, 3.63) is 0 Å². The van der Waals surface area contributed by atoms with Gasteiger partial charge in [0.05, 0.1) is 6.10 Å². The summed E-state index contributed by atoms with van der Waals surface area (Å²) in [4.78, 5) is 4.83. The summed E-state index contributed by atoms with van der Waals surface area (Å²) in [6.07, 6.45) is 5.36. The van der Waals surface area contributed by atoms with Crippen LogP contribution in [0.5, 0.6) is 0 Å². The number of likely N-dealkylation sites (tertiary alicyclic amines) is 1. The maximum atomic E-state index is 10.2. The molecule has 17 heavy (non-hydrogen) atoms. The molecule has 1 heterocycles. The van der Waals surface area contributed by atoms with Gasteiger partial charge in [0.25, 0.3) is 0 Å². The van der Waals surface area contributed by atoms with Crippen molar-refractivity contribution < 1.29 is 5.11 Å². The summed E-state index contributed by atoms with van der Waals surface area (Å²) < 4.78 is 0. The molecule has 0 bridgehead atoms. The summed E-state index contributed by atoms with van der Waals surface area (Å²) in [6.45, 7) is 6.71. The van der Waals surface area contributed by atoms with Crippen molar-refractivity contribution in [2.24, 2.45) is 0 Å². The summed E-state index contributed by atoms with van der Waals surface area (Å²) in [6, 6.07) is 0.992. The second-order valence-electron chi connectivity index (χ2n) is 5.53. The molecule has 0 spiro atoms. The van der Waals surface area contributed by atoms with E-state index < -0.39 is 0 Å². The SMILES string of the molecule is CCCC(O)C(CC)N(C)C1CCN(C)CC1. The molecule has 102 valence electrons. The van der Waals surface area contributed by atoms with Crippen LogP contribution in [0.4, 0.5) is 0 Å². The standard InChI is InChI=1S/C14H30N2O/c1-5-7-14(17)13(6-2)16(4)12-8-10-15(3)11-9-12/h12-14,17H,5-11H2,1-4H3. The summed E-state index contributed by atoms with van der Waals surface area (Å²) in [7, 11) is 4.39. The van der Waals surface area contributed by atoms with E-state index in [1.54, 1.807) is 0 Å². The summed E-state index contributed by atoms with van der Waals surface area (Å²) in [5.74, 6) is 0. The predicted octanol–water partition coefficient (Wildman–Crippen LogP) is 1.95. The van der Waals surface area contributed by atoms with E-state index in [-0.39, 0.29) is 6.10 Å². The van der Waals surface area contributed by atoms with Gasteiger partial charge < -0.3 is 10.0 Å². The molecule has 0 saturated carbocycles. The quantitative estimate of drug-likeness (QED) is 0.771. The Kier molecular flexibility index (Phi) is 6.45. The van der Waals surface area contributed by atoms with Crippen molar-refractivity contribution in [3.8, 4) is 0 Å². The van der Waals surface area contributed by atoms with Crippen LogP contribution in [0, 0.1) is 0 Å². The van der Waals surface area contributed by atoms with E-state index in [1.165, 1.54) is 25.9 Å². The van der Waals surface area contributed by atoms with Gasteiger partial charge in [-0.15, -0.1) is 0 Å². The Hall–Kier alpha value is -0.120. The normalized spacial score (nSPS) is 22.9. The van der Waals surface area contributed by atoms with Gasteiger partial charge in [-0.3, -0.25) is 4.90 Å². The minimum Gasteiger partial charge on any atom is -0.391 e. The lowest BCUT2D eigenvalue weighted by atomic mass is 9.97. The summed E-state index contributed by atoms with van der Waals surface area (Å²) in [5.41, 5.74) is 0. The zero-order valence-electron chi connectivity index (χ0n) is 12.0. The van der Waals surface area contributed by atoms with E-state index in [9.17, 15) is 5.11 Å². The molecule has 1 aliphatic heterocycles. The lowest BCUT2D eigenvalue weighted by Crippen LogP contribution is -2.50. The molecule has 0 aliphatic carbocycles. The third-order valence-electron chi connectivity index (χ3n) is 4.23. The Balaban J connectivity index is 2.50.